The van der Waals surface area contributed by atoms with E-state index in [0.29, 0.717) is 6.42 Å². The molecule has 37 heavy (non-hydrogen) atoms. The van der Waals surface area contributed by atoms with Crippen LogP contribution in [0.4, 0.5) is 0 Å². The van der Waals surface area contributed by atoms with Gasteiger partial charge in [0.2, 0.25) is 0 Å². The van der Waals surface area contributed by atoms with Crippen LogP contribution in [0.2, 0.25) is 0 Å². The molecule has 8 heteroatoms. The second-order valence-corrected chi connectivity index (χ2v) is 12.7. The number of ketones is 1. The fourth-order valence-electron chi connectivity index (χ4n) is 9.09. The van der Waals surface area contributed by atoms with Crippen molar-refractivity contribution in [3.05, 3.63) is 24.2 Å². The maximum atomic E-state index is 14.3. The summed E-state index contributed by atoms with van der Waals surface area (Å²) < 4.78 is 22.2. The second-order valence-electron chi connectivity index (χ2n) is 12.7. The number of esters is 3. The summed E-state index contributed by atoms with van der Waals surface area (Å²) in [6.45, 7) is 9.57. The van der Waals surface area contributed by atoms with Gasteiger partial charge in [0, 0.05) is 41.6 Å². The van der Waals surface area contributed by atoms with Gasteiger partial charge in [-0.2, -0.15) is 0 Å². The van der Waals surface area contributed by atoms with Crippen molar-refractivity contribution in [3.8, 4) is 0 Å². The number of methoxy groups -OCH3 is 1. The van der Waals surface area contributed by atoms with Crippen LogP contribution in [0.25, 0.3) is 0 Å². The highest BCUT2D eigenvalue weighted by Gasteiger charge is 2.71. The molecule has 0 aromatic carbocycles. The topological polar surface area (TPSA) is 109 Å². The highest BCUT2D eigenvalue weighted by molar-refractivity contribution is 5.91. The number of hydrogen-bond donors (Lipinski definition) is 0. The van der Waals surface area contributed by atoms with Crippen molar-refractivity contribution < 1.29 is 37.8 Å². The molecular formula is C29H38O8. The number of rotatable bonds is 4. The van der Waals surface area contributed by atoms with Crippen molar-refractivity contribution in [1.82, 2.24) is 0 Å². The Labute approximate surface area is 217 Å². The van der Waals surface area contributed by atoms with E-state index >= 15 is 0 Å². The summed E-state index contributed by atoms with van der Waals surface area (Å²) in [7, 11) is 1.36. The van der Waals surface area contributed by atoms with Crippen molar-refractivity contribution in [3.63, 3.8) is 0 Å². The molecule has 1 aromatic rings. The van der Waals surface area contributed by atoms with E-state index in [1.54, 1.807) is 12.5 Å². The molecule has 1 saturated heterocycles. The Kier molecular flexibility index (Phi) is 6.11. The molecule has 5 rings (SSSR count). The Morgan fingerprint density at radius 3 is 2.49 bits per heavy atom. The number of Topliss-reactive ketones (excluding diaryl/α,β-unsaturated/α-hetero) is 1. The van der Waals surface area contributed by atoms with Crippen LogP contribution >= 0.6 is 0 Å². The summed E-state index contributed by atoms with van der Waals surface area (Å²) in [4.78, 5) is 52.1. The standard InChI is InChI=1S/C29H38O8/c1-15(30)36-26-18-11-17-19(29(5,24(18)33)21(27(26,2)3)13-22(31)34-6)7-9-28(4)20(17)12-23(32)37-25(28)16-8-10-35-14-16/h8,10,14,17-21,25-26H,7,9,11-13H2,1-6H3/t17-,18-,19+,20+,21+,25+,26-,28-,29-/m1/s1. The van der Waals surface area contributed by atoms with E-state index in [9.17, 15) is 19.2 Å². The maximum absolute atomic E-state index is 14.3. The van der Waals surface area contributed by atoms with Crippen molar-refractivity contribution in [2.75, 3.05) is 7.11 Å². The first kappa shape index (κ1) is 26.0. The third kappa shape index (κ3) is 3.68. The van der Waals surface area contributed by atoms with Crippen LogP contribution < -0.4 is 0 Å². The van der Waals surface area contributed by atoms with Crippen LogP contribution in [-0.4, -0.2) is 36.9 Å². The fourth-order valence-corrected chi connectivity index (χ4v) is 9.09. The number of carbonyl (C=O) groups excluding carboxylic acids is 4. The van der Waals surface area contributed by atoms with Crippen molar-refractivity contribution in [2.24, 2.45) is 45.8 Å². The van der Waals surface area contributed by atoms with Gasteiger partial charge in [-0.25, -0.2) is 0 Å². The average Bonchev–Trinajstić information content (AvgIpc) is 3.36. The summed E-state index contributed by atoms with van der Waals surface area (Å²) in [5.74, 6) is -1.84. The molecule has 202 valence electrons. The first-order valence-corrected chi connectivity index (χ1v) is 13.4. The van der Waals surface area contributed by atoms with Crippen LogP contribution in [0.1, 0.15) is 78.4 Å². The highest BCUT2D eigenvalue weighted by Crippen LogP contribution is 2.70. The highest BCUT2D eigenvalue weighted by atomic mass is 16.6. The zero-order valence-electron chi connectivity index (χ0n) is 22.6. The molecule has 0 unspecified atom stereocenters. The smallest absolute Gasteiger partial charge is 0.306 e. The Balaban J connectivity index is 1.61. The van der Waals surface area contributed by atoms with E-state index in [0.717, 1.165) is 18.4 Å². The maximum Gasteiger partial charge on any atom is 0.306 e. The zero-order chi connectivity index (χ0) is 26.9. The van der Waals surface area contributed by atoms with Gasteiger partial charge < -0.3 is 18.6 Å². The lowest BCUT2D eigenvalue weighted by atomic mass is 9.37. The molecular weight excluding hydrogens is 476 g/mol. The molecule has 0 N–H and O–H groups in total. The molecule has 3 saturated carbocycles. The van der Waals surface area contributed by atoms with E-state index in [1.165, 1.54) is 14.0 Å². The van der Waals surface area contributed by atoms with Crippen LogP contribution in [-0.2, 0) is 33.4 Å². The summed E-state index contributed by atoms with van der Waals surface area (Å²) in [6, 6.07) is 1.85. The fraction of sp³-hybridized carbons (Fsp3) is 0.724. The van der Waals surface area contributed by atoms with Gasteiger partial charge in [0.05, 0.1) is 25.6 Å². The predicted octanol–water partition coefficient (Wildman–Crippen LogP) is 4.66. The first-order valence-electron chi connectivity index (χ1n) is 13.4. The first-order chi connectivity index (χ1) is 17.4. The summed E-state index contributed by atoms with van der Waals surface area (Å²) in [6.07, 6.45) is 4.63. The van der Waals surface area contributed by atoms with Crippen molar-refractivity contribution in [2.45, 2.75) is 78.9 Å². The van der Waals surface area contributed by atoms with Gasteiger partial charge in [0.25, 0.3) is 0 Å². The van der Waals surface area contributed by atoms with Gasteiger partial charge in [0.15, 0.2) is 0 Å². The molecule has 9 atom stereocenters. The molecule has 2 bridgehead atoms. The summed E-state index contributed by atoms with van der Waals surface area (Å²) in [5, 5.41) is 0. The number of hydrogen-bond acceptors (Lipinski definition) is 8. The number of cyclic esters (lactones) is 1. The number of furan rings is 1. The molecule has 0 spiro atoms. The molecule has 8 nitrogen and oxygen atoms in total. The minimum absolute atomic E-state index is 0.00238. The minimum atomic E-state index is -0.810. The third-order valence-electron chi connectivity index (χ3n) is 10.7. The van der Waals surface area contributed by atoms with E-state index in [-0.39, 0.29) is 59.7 Å². The van der Waals surface area contributed by atoms with Gasteiger partial charge in [-0.3, -0.25) is 19.2 Å². The van der Waals surface area contributed by atoms with Crippen molar-refractivity contribution >= 4 is 23.7 Å². The van der Waals surface area contributed by atoms with Gasteiger partial charge >= 0.3 is 17.9 Å². The molecule has 1 aromatic heterocycles. The quantitative estimate of drug-likeness (QED) is 0.422. The van der Waals surface area contributed by atoms with Crippen LogP contribution in [0.5, 0.6) is 0 Å². The molecule has 2 heterocycles. The van der Waals surface area contributed by atoms with Gasteiger partial charge in [-0.1, -0.05) is 27.7 Å². The van der Waals surface area contributed by atoms with Crippen LogP contribution in [0.3, 0.4) is 0 Å². The van der Waals surface area contributed by atoms with Crippen molar-refractivity contribution in [1.29, 1.82) is 0 Å². The zero-order valence-corrected chi connectivity index (χ0v) is 22.6. The summed E-state index contributed by atoms with van der Waals surface area (Å²) in [5.41, 5.74) is -0.909. The Bertz CT molecular complexity index is 1110. The number of ether oxygens (including phenoxy) is 3. The van der Waals surface area contributed by atoms with Gasteiger partial charge in [-0.05, 0) is 49.0 Å². The Morgan fingerprint density at radius 2 is 1.86 bits per heavy atom. The lowest BCUT2D eigenvalue weighted by molar-refractivity contribution is -0.231. The van der Waals surface area contributed by atoms with Crippen LogP contribution in [0.15, 0.2) is 23.0 Å². The number of fused-ring (bicyclic) bond motifs is 6. The largest absolute Gasteiger partial charge is 0.472 e. The van der Waals surface area contributed by atoms with E-state index in [2.05, 4.69) is 6.92 Å². The molecule has 4 aliphatic rings. The lowest BCUT2D eigenvalue weighted by Gasteiger charge is -2.66. The molecule has 4 fully saturated rings. The van der Waals surface area contributed by atoms with Gasteiger partial charge in [-0.15, -0.1) is 0 Å². The molecule has 1 aliphatic heterocycles. The van der Waals surface area contributed by atoms with E-state index in [4.69, 9.17) is 18.6 Å². The molecule has 3 aliphatic carbocycles. The predicted molar refractivity (Wildman–Crippen MR) is 131 cm³/mol. The second kappa shape index (κ2) is 8.70. The summed E-state index contributed by atoms with van der Waals surface area (Å²) >= 11 is 0. The Morgan fingerprint density at radius 1 is 1.14 bits per heavy atom. The number of carbonyl (C=O) groups is 4. The normalized spacial score (nSPS) is 42.2. The lowest BCUT2D eigenvalue weighted by Crippen LogP contribution is -2.69. The minimum Gasteiger partial charge on any atom is -0.472 e. The molecule has 0 amide bonds. The van der Waals surface area contributed by atoms with Gasteiger partial charge in [0.1, 0.15) is 18.0 Å². The van der Waals surface area contributed by atoms with Crippen LogP contribution in [0, 0.1) is 45.8 Å². The van der Waals surface area contributed by atoms with E-state index in [1.807, 2.05) is 26.8 Å². The average molecular weight is 515 g/mol. The SMILES string of the molecule is COC(=O)C[C@H]1C(C)(C)[C@H](OC(C)=O)[C@@H]2C[C@H]3[C@@H]4CC(=O)O[C@@H](c5ccoc5)[C@]4(C)CC[C@@H]3[C@@]1(C)C2=O. The monoisotopic (exact) mass is 514 g/mol. The Hall–Kier alpha value is -2.64. The van der Waals surface area contributed by atoms with E-state index < -0.39 is 34.9 Å². The third-order valence-corrected chi connectivity index (χ3v) is 10.7. The molecule has 0 radical (unpaired) electrons.